The van der Waals surface area contributed by atoms with Crippen LogP contribution >= 0.6 is 0 Å². The van der Waals surface area contributed by atoms with Gasteiger partial charge in [-0.3, -0.25) is 10.1 Å². The molecule has 1 aromatic carbocycles. The van der Waals surface area contributed by atoms with Gasteiger partial charge < -0.3 is 10.2 Å². The molecule has 104 valence electrons. The molecule has 1 aromatic heterocycles. The van der Waals surface area contributed by atoms with Crippen molar-refractivity contribution in [2.24, 2.45) is 0 Å². The molecular weight excluding hydrogens is 256 g/mol. The number of nitrogens with zero attached hydrogens (tertiary/aromatic N) is 3. The number of piperazine rings is 1. The van der Waals surface area contributed by atoms with Crippen LogP contribution in [0.3, 0.4) is 0 Å². The number of fused-ring (bicyclic) bond motifs is 1. The van der Waals surface area contributed by atoms with Gasteiger partial charge in [-0.2, -0.15) is 0 Å². The summed E-state index contributed by atoms with van der Waals surface area (Å²) in [5.74, 6) is 0. The highest BCUT2D eigenvalue weighted by Gasteiger charge is 2.20. The van der Waals surface area contributed by atoms with E-state index in [-0.39, 0.29) is 10.6 Å². The summed E-state index contributed by atoms with van der Waals surface area (Å²) in [4.78, 5) is 17.2. The third kappa shape index (κ3) is 2.18. The van der Waals surface area contributed by atoms with E-state index in [9.17, 15) is 10.1 Å². The number of rotatable bonds is 2. The SMILES string of the molecule is CC1CN(c2ccnc3c([N+](=O)[O-])cccc23)CCN1. The first-order valence-electron chi connectivity index (χ1n) is 6.67. The zero-order valence-corrected chi connectivity index (χ0v) is 11.2. The highest BCUT2D eigenvalue weighted by atomic mass is 16.6. The maximum Gasteiger partial charge on any atom is 0.295 e. The normalized spacial score (nSPS) is 19.2. The number of benzene rings is 1. The maximum atomic E-state index is 11.1. The van der Waals surface area contributed by atoms with Crippen LogP contribution in [0.15, 0.2) is 30.5 Å². The van der Waals surface area contributed by atoms with Crippen LogP contribution in [-0.4, -0.2) is 35.6 Å². The molecule has 1 atom stereocenters. The Kier molecular flexibility index (Phi) is 3.23. The Labute approximate surface area is 116 Å². The van der Waals surface area contributed by atoms with Crippen LogP contribution in [-0.2, 0) is 0 Å². The number of para-hydroxylation sites is 1. The summed E-state index contributed by atoms with van der Waals surface area (Å²) < 4.78 is 0. The summed E-state index contributed by atoms with van der Waals surface area (Å²) in [6, 6.07) is 7.46. The third-order valence-corrected chi connectivity index (χ3v) is 3.63. The molecule has 2 heterocycles. The van der Waals surface area contributed by atoms with Gasteiger partial charge in [0.1, 0.15) is 5.52 Å². The number of pyridine rings is 1. The third-order valence-electron chi connectivity index (χ3n) is 3.63. The summed E-state index contributed by atoms with van der Waals surface area (Å²) in [7, 11) is 0. The van der Waals surface area contributed by atoms with E-state index < -0.39 is 0 Å². The monoisotopic (exact) mass is 272 g/mol. The highest BCUT2D eigenvalue weighted by molar-refractivity contribution is 5.96. The lowest BCUT2D eigenvalue weighted by atomic mass is 10.1. The maximum absolute atomic E-state index is 11.1. The fraction of sp³-hybridized carbons (Fsp3) is 0.357. The average molecular weight is 272 g/mol. The van der Waals surface area contributed by atoms with Crippen molar-refractivity contribution in [3.8, 4) is 0 Å². The van der Waals surface area contributed by atoms with Crippen molar-refractivity contribution in [3.05, 3.63) is 40.6 Å². The quantitative estimate of drug-likeness (QED) is 0.668. The van der Waals surface area contributed by atoms with Crippen molar-refractivity contribution in [1.29, 1.82) is 0 Å². The van der Waals surface area contributed by atoms with E-state index in [4.69, 9.17) is 0 Å². The van der Waals surface area contributed by atoms with E-state index >= 15 is 0 Å². The Morgan fingerprint density at radius 3 is 3.05 bits per heavy atom. The van der Waals surface area contributed by atoms with Gasteiger partial charge in [0.15, 0.2) is 0 Å². The molecule has 1 fully saturated rings. The van der Waals surface area contributed by atoms with Crippen LogP contribution in [0.25, 0.3) is 10.9 Å². The fourth-order valence-corrected chi connectivity index (χ4v) is 2.72. The lowest BCUT2D eigenvalue weighted by molar-refractivity contribution is -0.383. The second-order valence-electron chi connectivity index (χ2n) is 5.06. The lowest BCUT2D eigenvalue weighted by Crippen LogP contribution is -2.49. The average Bonchev–Trinajstić information content (AvgIpc) is 2.45. The van der Waals surface area contributed by atoms with Gasteiger partial charge in [0.05, 0.1) is 4.92 Å². The number of anilines is 1. The van der Waals surface area contributed by atoms with Gasteiger partial charge in [-0.25, -0.2) is 4.98 Å². The van der Waals surface area contributed by atoms with E-state index in [1.54, 1.807) is 12.3 Å². The smallest absolute Gasteiger partial charge is 0.295 e. The van der Waals surface area contributed by atoms with Crippen molar-refractivity contribution in [2.45, 2.75) is 13.0 Å². The van der Waals surface area contributed by atoms with E-state index in [0.717, 1.165) is 30.7 Å². The molecule has 0 saturated carbocycles. The first kappa shape index (κ1) is 12.8. The molecule has 6 nitrogen and oxygen atoms in total. The zero-order valence-electron chi connectivity index (χ0n) is 11.2. The predicted molar refractivity (Wildman–Crippen MR) is 78.1 cm³/mol. The molecule has 1 aliphatic heterocycles. The van der Waals surface area contributed by atoms with Gasteiger partial charge in [-0.05, 0) is 13.0 Å². The van der Waals surface area contributed by atoms with Gasteiger partial charge in [0.25, 0.3) is 5.69 Å². The molecule has 0 radical (unpaired) electrons. The summed E-state index contributed by atoms with van der Waals surface area (Å²) in [6.45, 7) is 4.84. The van der Waals surface area contributed by atoms with Crippen molar-refractivity contribution < 1.29 is 4.92 Å². The number of hydrogen-bond acceptors (Lipinski definition) is 5. The largest absolute Gasteiger partial charge is 0.368 e. The predicted octanol–water partition coefficient (Wildman–Crippen LogP) is 1.94. The lowest BCUT2D eigenvalue weighted by Gasteiger charge is -2.34. The molecule has 2 aromatic rings. The number of hydrogen-bond donors (Lipinski definition) is 1. The van der Waals surface area contributed by atoms with Crippen molar-refractivity contribution in [2.75, 3.05) is 24.5 Å². The summed E-state index contributed by atoms with van der Waals surface area (Å²) in [5.41, 5.74) is 1.54. The van der Waals surface area contributed by atoms with E-state index in [1.165, 1.54) is 6.07 Å². The van der Waals surface area contributed by atoms with E-state index in [2.05, 4.69) is 22.1 Å². The van der Waals surface area contributed by atoms with Crippen molar-refractivity contribution >= 4 is 22.3 Å². The Hall–Kier alpha value is -2.21. The number of nitro benzene ring substituents is 1. The second kappa shape index (κ2) is 5.05. The Morgan fingerprint density at radius 2 is 2.30 bits per heavy atom. The second-order valence-corrected chi connectivity index (χ2v) is 5.06. The Bertz CT molecular complexity index is 659. The summed E-state index contributed by atoms with van der Waals surface area (Å²) in [5, 5.41) is 15.3. The molecule has 0 spiro atoms. The van der Waals surface area contributed by atoms with E-state index in [0.29, 0.717) is 11.6 Å². The standard InChI is InChI=1S/C14H16N4O2/c1-10-9-17(8-7-15-10)12-5-6-16-14-11(12)3-2-4-13(14)18(19)20/h2-6,10,15H,7-9H2,1H3. The van der Waals surface area contributed by atoms with Crippen molar-refractivity contribution in [1.82, 2.24) is 10.3 Å². The number of nitro groups is 1. The molecule has 1 aliphatic rings. The van der Waals surface area contributed by atoms with Gasteiger partial charge in [0.2, 0.25) is 0 Å². The minimum Gasteiger partial charge on any atom is -0.368 e. The molecule has 0 aliphatic carbocycles. The fourth-order valence-electron chi connectivity index (χ4n) is 2.72. The molecular formula is C14H16N4O2. The van der Waals surface area contributed by atoms with Crippen LogP contribution in [0.2, 0.25) is 0 Å². The first-order chi connectivity index (χ1) is 9.66. The van der Waals surface area contributed by atoms with Crippen LogP contribution in [0.1, 0.15) is 6.92 Å². The van der Waals surface area contributed by atoms with Crippen molar-refractivity contribution in [3.63, 3.8) is 0 Å². The van der Waals surface area contributed by atoms with E-state index in [1.807, 2.05) is 12.1 Å². The molecule has 0 amide bonds. The highest BCUT2D eigenvalue weighted by Crippen LogP contribution is 2.31. The molecule has 20 heavy (non-hydrogen) atoms. The molecule has 3 rings (SSSR count). The van der Waals surface area contributed by atoms with Gasteiger partial charge >= 0.3 is 0 Å². The topological polar surface area (TPSA) is 71.3 Å². The number of nitrogens with one attached hydrogen (secondary N) is 1. The molecule has 1 unspecified atom stereocenters. The molecule has 1 N–H and O–H groups in total. The van der Waals surface area contributed by atoms with Gasteiger partial charge in [0, 0.05) is 49.0 Å². The molecule has 1 saturated heterocycles. The number of aromatic nitrogens is 1. The van der Waals surface area contributed by atoms with Crippen LogP contribution in [0.4, 0.5) is 11.4 Å². The first-order valence-corrected chi connectivity index (χ1v) is 6.67. The van der Waals surface area contributed by atoms with Crippen LogP contribution in [0.5, 0.6) is 0 Å². The van der Waals surface area contributed by atoms with Crippen LogP contribution in [0, 0.1) is 10.1 Å². The minimum atomic E-state index is -0.375. The minimum absolute atomic E-state index is 0.0625. The number of non-ortho nitro benzene ring substituents is 1. The Balaban J connectivity index is 2.12. The summed E-state index contributed by atoms with van der Waals surface area (Å²) in [6.07, 6.45) is 1.65. The molecule has 6 heteroatoms. The zero-order chi connectivity index (χ0) is 14.1. The molecule has 0 bridgehead atoms. The van der Waals surface area contributed by atoms with Crippen LogP contribution < -0.4 is 10.2 Å². The van der Waals surface area contributed by atoms with Gasteiger partial charge in [-0.15, -0.1) is 0 Å². The Morgan fingerprint density at radius 1 is 1.45 bits per heavy atom. The van der Waals surface area contributed by atoms with Gasteiger partial charge in [-0.1, -0.05) is 12.1 Å². The summed E-state index contributed by atoms with van der Waals surface area (Å²) >= 11 is 0.